The Morgan fingerprint density at radius 1 is 1.15 bits per heavy atom. The first-order chi connectivity index (χ1) is 13.2. The molecule has 2 aromatic rings. The molecule has 0 bridgehead atoms. The predicted molar refractivity (Wildman–Crippen MR) is 101 cm³/mol. The van der Waals surface area contributed by atoms with E-state index in [9.17, 15) is 0 Å². The molecule has 0 saturated carbocycles. The number of nitrogens with zero attached hydrogens (tertiary/aromatic N) is 5. The van der Waals surface area contributed by atoms with E-state index in [1.807, 2.05) is 11.7 Å². The summed E-state index contributed by atoms with van der Waals surface area (Å²) in [5.74, 6) is 2.85. The van der Waals surface area contributed by atoms with Gasteiger partial charge < -0.3 is 9.26 Å². The van der Waals surface area contributed by atoms with E-state index in [1.165, 1.54) is 31.5 Å². The van der Waals surface area contributed by atoms with Crippen LogP contribution in [0, 0.1) is 12.8 Å². The van der Waals surface area contributed by atoms with E-state index in [0.29, 0.717) is 5.92 Å². The Morgan fingerprint density at radius 2 is 1.93 bits per heavy atom. The fourth-order valence-corrected chi connectivity index (χ4v) is 4.29. The average molecular weight is 374 g/mol. The third-order valence-electron chi connectivity index (χ3n) is 6.05. The van der Waals surface area contributed by atoms with E-state index >= 15 is 0 Å². The summed E-state index contributed by atoms with van der Waals surface area (Å²) in [6.45, 7) is 7.06. The molecule has 0 atom stereocenters. The van der Waals surface area contributed by atoms with Crippen molar-refractivity contribution < 1.29 is 9.26 Å². The molecule has 0 aromatic carbocycles. The van der Waals surface area contributed by atoms with Crippen molar-refractivity contribution in [3.63, 3.8) is 0 Å². The van der Waals surface area contributed by atoms with Crippen LogP contribution in [0.25, 0.3) is 0 Å². The summed E-state index contributed by atoms with van der Waals surface area (Å²) in [6.07, 6.45) is 8.74. The predicted octanol–water partition coefficient (Wildman–Crippen LogP) is 2.85. The van der Waals surface area contributed by atoms with Crippen molar-refractivity contribution in [2.24, 2.45) is 13.0 Å². The van der Waals surface area contributed by atoms with Crippen LogP contribution < -0.4 is 0 Å². The van der Waals surface area contributed by atoms with Gasteiger partial charge in [0.25, 0.3) is 0 Å². The zero-order valence-electron chi connectivity index (χ0n) is 16.6. The SMILES string of the molecule is Cc1nn(C)cc1CN1CCC(CCc2noc(C3CCOCC3)n2)CC1. The van der Waals surface area contributed by atoms with Gasteiger partial charge in [0.1, 0.15) is 0 Å². The molecule has 0 radical (unpaired) electrons. The van der Waals surface area contributed by atoms with Gasteiger partial charge in [-0.15, -0.1) is 0 Å². The largest absolute Gasteiger partial charge is 0.381 e. The van der Waals surface area contributed by atoms with Crippen LogP contribution in [-0.2, 0) is 24.8 Å². The van der Waals surface area contributed by atoms with Crippen LogP contribution in [0.3, 0.4) is 0 Å². The Morgan fingerprint density at radius 3 is 2.63 bits per heavy atom. The number of piperidine rings is 1. The van der Waals surface area contributed by atoms with Gasteiger partial charge in [-0.3, -0.25) is 9.58 Å². The van der Waals surface area contributed by atoms with Crippen molar-refractivity contribution in [2.75, 3.05) is 26.3 Å². The van der Waals surface area contributed by atoms with Crippen LogP contribution in [0.1, 0.15) is 61.0 Å². The quantitative estimate of drug-likeness (QED) is 0.775. The number of hydrogen-bond donors (Lipinski definition) is 0. The molecule has 0 N–H and O–H groups in total. The third-order valence-corrected chi connectivity index (χ3v) is 6.05. The minimum atomic E-state index is 0.388. The summed E-state index contributed by atoms with van der Waals surface area (Å²) in [5.41, 5.74) is 2.50. The Bertz CT molecular complexity index is 727. The van der Waals surface area contributed by atoms with Crippen molar-refractivity contribution in [3.8, 4) is 0 Å². The Balaban J connectivity index is 1.20. The van der Waals surface area contributed by atoms with E-state index < -0.39 is 0 Å². The van der Waals surface area contributed by atoms with Crippen LogP contribution in [0.15, 0.2) is 10.7 Å². The molecule has 4 heterocycles. The second-order valence-corrected chi connectivity index (χ2v) is 8.11. The number of aryl methyl sites for hydroxylation is 3. The molecule has 7 heteroatoms. The first-order valence-electron chi connectivity index (χ1n) is 10.3. The molecule has 2 saturated heterocycles. The van der Waals surface area contributed by atoms with Crippen molar-refractivity contribution in [3.05, 3.63) is 29.2 Å². The molecule has 27 heavy (non-hydrogen) atoms. The topological polar surface area (TPSA) is 69.2 Å². The number of ether oxygens (including phenoxy) is 1. The van der Waals surface area contributed by atoms with Crippen molar-refractivity contribution in [1.82, 2.24) is 24.8 Å². The molecule has 7 nitrogen and oxygen atoms in total. The van der Waals surface area contributed by atoms with Gasteiger partial charge in [-0.05, 0) is 58.0 Å². The molecule has 2 aromatic heterocycles. The molecule has 0 unspecified atom stereocenters. The Labute approximate surface area is 161 Å². The molecule has 148 valence electrons. The van der Waals surface area contributed by atoms with Gasteiger partial charge in [0.15, 0.2) is 5.82 Å². The lowest BCUT2D eigenvalue weighted by Gasteiger charge is -2.31. The van der Waals surface area contributed by atoms with Crippen molar-refractivity contribution in [2.45, 2.75) is 57.9 Å². The normalized spacial score (nSPS) is 20.4. The highest BCUT2D eigenvalue weighted by Gasteiger charge is 2.23. The first-order valence-corrected chi connectivity index (χ1v) is 10.3. The van der Waals surface area contributed by atoms with Gasteiger partial charge in [-0.25, -0.2) is 0 Å². The smallest absolute Gasteiger partial charge is 0.229 e. The van der Waals surface area contributed by atoms with Crippen LogP contribution in [0.2, 0.25) is 0 Å². The molecular formula is C20H31N5O2. The average Bonchev–Trinajstić information content (AvgIpc) is 3.28. The number of likely N-dealkylation sites (tertiary alicyclic amines) is 1. The van der Waals surface area contributed by atoms with Crippen LogP contribution in [0.4, 0.5) is 0 Å². The summed E-state index contributed by atoms with van der Waals surface area (Å²) in [5, 5.41) is 8.66. The fourth-order valence-electron chi connectivity index (χ4n) is 4.29. The number of hydrogen-bond acceptors (Lipinski definition) is 6. The highest BCUT2D eigenvalue weighted by molar-refractivity contribution is 5.15. The highest BCUT2D eigenvalue weighted by atomic mass is 16.5. The van der Waals surface area contributed by atoms with Gasteiger partial charge in [0.2, 0.25) is 5.89 Å². The Hall–Kier alpha value is -1.73. The molecule has 0 aliphatic carbocycles. The lowest BCUT2D eigenvalue weighted by Crippen LogP contribution is -2.33. The van der Waals surface area contributed by atoms with Crippen LogP contribution in [0.5, 0.6) is 0 Å². The Kier molecular flexibility index (Phi) is 5.88. The van der Waals surface area contributed by atoms with Gasteiger partial charge in [-0.1, -0.05) is 5.16 Å². The number of aromatic nitrogens is 4. The molecular weight excluding hydrogens is 342 g/mol. The van der Waals surface area contributed by atoms with Crippen molar-refractivity contribution in [1.29, 1.82) is 0 Å². The summed E-state index contributed by atoms with van der Waals surface area (Å²) in [7, 11) is 1.99. The maximum Gasteiger partial charge on any atom is 0.229 e. The van der Waals surface area contributed by atoms with Crippen molar-refractivity contribution >= 4 is 0 Å². The van der Waals surface area contributed by atoms with Crippen LogP contribution >= 0.6 is 0 Å². The van der Waals surface area contributed by atoms with E-state index in [4.69, 9.17) is 9.26 Å². The second kappa shape index (κ2) is 8.52. The third kappa shape index (κ3) is 4.76. The molecule has 2 aliphatic heterocycles. The second-order valence-electron chi connectivity index (χ2n) is 8.11. The summed E-state index contributed by atoms with van der Waals surface area (Å²) >= 11 is 0. The van der Waals surface area contributed by atoms with Crippen LogP contribution in [-0.4, -0.2) is 51.1 Å². The maximum atomic E-state index is 5.51. The summed E-state index contributed by atoms with van der Waals surface area (Å²) in [6, 6.07) is 0. The van der Waals surface area contributed by atoms with Gasteiger partial charge in [0.05, 0.1) is 5.69 Å². The summed E-state index contributed by atoms with van der Waals surface area (Å²) < 4.78 is 12.8. The first kappa shape index (κ1) is 18.6. The minimum absolute atomic E-state index is 0.388. The number of rotatable bonds is 6. The zero-order chi connectivity index (χ0) is 18.6. The maximum absolute atomic E-state index is 5.51. The van der Waals surface area contributed by atoms with E-state index in [0.717, 1.165) is 68.8 Å². The fraction of sp³-hybridized carbons (Fsp3) is 0.750. The molecule has 2 aliphatic rings. The standard InChI is InChI=1S/C20H31N5O2/c1-15-18(13-24(2)22-15)14-25-9-5-16(6-10-25)3-4-19-21-20(27-23-19)17-7-11-26-12-8-17/h13,16-17H,3-12,14H2,1-2H3. The summed E-state index contributed by atoms with van der Waals surface area (Å²) in [4.78, 5) is 7.20. The monoisotopic (exact) mass is 373 g/mol. The van der Waals surface area contributed by atoms with E-state index in [1.54, 1.807) is 0 Å². The van der Waals surface area contributed by atoms with Gasteiger partial charge in [-0.2, -0.15) is 10.1 Å². The van der Waals surface area contributed by atoms with E-state index in [-0.39, 0.29) is 0 Å². The lowest BCUT2D eigenvalue weighted by atomic mass is 9.92. The lowest BCUT2D eigenvalue weighted by molar-refractivity contribution is 0.0778. The molecule has 0 amide bonds. The molecule has 0 spiro atoms. The minimum Gasteiger partial charge on any atom is -0.381 e. The molecule has 4 rings (SSSR count). The van der Waals surface area contributed by atoms with Gasteiger partial charge >= 0.3 is 0 Å². The van der Waals surface area contributed by atoms with E-state index in [2.05, 4.69) is 33.3 Å². The van der Waals surface area contributed by atoms with Gasteiger partial charge in [0, 0.05) is 50.9 Å². The zero-order valence-corrected chi connectivity index (χ0v) is 16.6. The molecule has 2 fully saturated rings. The highest BCUT2D eigenvalue weighted by Crippen LogP contribution is 2.27.